The molecule has 0 radical (unpaired) electrons. The second kappa shape index (κ2) is 15.6. The molecule has 2 aromatic heterocycles. The van der Waals surface area contributed by atoms with Gasteiger partial charge in [0.05, 0.1) is 20.8 Å². The second-order valence-corrected chi connectivity index (χ2v) is 10.4. The zero-order valence-corrected chi connectivity index (χ0v) is 29.8. The number of aliphatic hydroxyl groups excluding tert-OH is 2. The first-order valence-corrected chi connectivity index (χ1v) is 12.4. The smallest absolute Gasteiger partial charge is 0.790 e. The van der Waals surface area contributed by atoms with Gasteiger partial charge in [-0.05, 0) is 0 Å². The SMILES string of the molecule is [15NH2][13c]1[15n][13c]2[13c]([15n][13cH][15n]2[13C@@H]2O[13C@H]([13CH2]OP(=O)([O-])OP(=O)([O-])OP(=O)([O-])[O-])[13C@@H](O)[13C@H]2O)[13c](=O)[15nH]1.[Na+].[Na+].[Na+].[Na+]. The number of hydrogen-bond acceptors (Lipinski definition) is 17. The van der Waals surface area contributed by atoms with Gasteiger partial charge in [0, 0.05) is 0 Å². The van der Waals surface area contributed by atoms with Crippen LogP contribution in [0.5, 0.6) is 0 Å². The number of rotatable bonds is 8. The van der Waals surface area contributed by atoms with E-state index in [0.29, 0.717) is 0 Å². The van der Waals surface area contributed by atoms with E-state index in [4.69, 9.17) is 10.5 Å². The number of phosphoric ester groups is 1. The molecular formula is C10H12N5Na4O14P3. The van der Waals surface area contributed by atoms with E-state index in [0.717, 1.165) is 10.9 Å². The van der Waals surface area contributed by atoms with E-state index >= 15 is 0 Å². The van der Waals surface area contributed by atoms with Crippen LogP contribution in [-0.2, 0) is 31.6 Å². The predicted octanol–water partition coefficient (Wildman–Crippen LogP) is -16.8. The van der Waals surface area contributed by atoms with Crippen LogP contribution in [0.2, 0.25) is 0 Å². The van der Waals surface area contributed by atoms with Crippen molar-refractivity contribution >= 4 is 40.6 Å². The summed E-state index contributed by atoms with van der Waals surface area (Å²) in [5.41, 5.74) is 4.40. The molecule has 0 aromatic carbocycles. The van der Waals surface area contributed by atoms with Gasteiger partial charge in [0.1, 0.15) is 18.3 Å². The van der Waals surface area contributed by atoms with Crippen LogP contribution in [0.4, 0.5) is 5.95 Å². The molecule has 0 saturated carbocycles. The number of fused-ring (bicyclic) bond motifs is 1. The van der Waals surface area contributed by atoms with Crippen molar-refractivity contribution in [3.63, 3.8) is 0 Å². The Kier molecular flexibility index (Phi) is 17.6. The predicted molar refractivity (Wildman–Crippen MR) is 89.4 cm³/mol. The number of H-pyrrole nitrogens is 1. The molecule has 5 N–H and O–H groups in total. The van der Waals surface area contributed by atoms with Crippen molar-refractivity contribution in [2.75, 3.05) is 12.3 Å². The van der Waals surface area contributed by atoms with Crippen molar-refractivity contribution < 1.29 is 180 Å². The van der Waals surface area contributed by atoms with Crippen molar-refractivity contribution in [1.82, 2.24) is 19.5 Å². The maximum Gasteiger partial charge on any atom is 1.00 e. The van der Waals surface area contributed by atoms with E-state index in [-0.39, 0.29) is 135 Å². The van der Waals surface area contributed by atoms with Crippen molar-refractivity contribution in [1.29, 1.82) is 0 Å². The summed E-state index contributed by atoms with van der Waals surface area (Å²) in [6.07, 6.45) is -5.61. The number of aromatic amines is 1. The summed E-state index contributed by atoms with van der Waals surface area (Å²) in [4.78, 5) is 65.0. The zero-order chi connectivity index (χ0) is 24.1. The molecule has 1 fully saturated rings. The minimum Gasteiger partial charge on any atom is -0.790 e. The summed E-state index contributed by atoms with van der Waals surface area (Å²) in [6.45, 7) is -1.13. The van der Waals surface area contributed by atoms with Crippen molar-refractivity contribution in [3.05, 3.63) is 16.7 Å². The topological polar surface area (TPSA) is 310 Å². The summed E-state index contributed by atoms with van der Waals surface area (Å²) < 4.78 is 50.0. The third-order valence-electron chi connectivity index (χ3n) is 3.86. The first kappa shape index (κ1) is 40.6. The van der Waals surface area contributed by atoms with E-state index in [1.165, 1.54) is 0 Å². The molecular weight excluding hydrogens is 614 g/mol. The van der Waals surface area contributed by atoms with Crippen LogP contribution < -0.4 is 149 Å². The molecule has 1 aliphatic heterocycles. The molecule has 0 aliphatic carbocycles. The van der Waals surface area contributed by atoms with Gasteiger partial charge in [-0.1, -0.05) is 0 Å². The molecule has 36 heavy (non-hydrogen) atoms. The number of nitrogen functional groups attached to an aromatic ring is 1. The average Bonchev–Trinajstić information content (AvgIpc) is 3.12. The Labute approximate surface area is 289 Å². The summed E-state index contributed by atoms with van der Waals surface area (Å²) in [5.74, 6) is -0.299. The van der Waals surface area contributed by atoms with Gasteiger partial charge < -0.3 is 49.3 Å². The van der Waals surface area contributed by atoms with Gasteiger partial charge in [-0.3, -0.25) is 27.8 Å². The summed E-state index contributed by atoms with van der Waals surface area (Å²) in [5, 5.41) is 20.3. The average molecular weight is 626 g/mol. The van der Waals surface area contributed by atoms with E-state index in [2.05, 4.69) is 28.1 Å². The standard InChI is InChI=1S/C10H16N5O14P3.4Na/c11-10-13-7-4(8(18)14-10)12-2-15(7)9-6(17)5(16)3(27-9)1-26-31(22,23)29-32(24,25)28-30(19,20)21;;;;/h2-3,5-6,9,16-17H,1H2,(H,22,23)(H,24,25)(H2,19,20,21)(H3,11,13,14,18);;;;/q;4*+1/p-4/t3-,5-,6-,9-;;;;/m1..../s1/i1+1,2+1,3+1,4+1,5+1,6+1,7+1,8+1,9+1,10+1,11+1,12+1,13+1,14+1,15+1;;;;. The summed E-state index contributed by atoms with van der Waals surface area (Å²) in [6, 6.07) is 0. The van der Waals surface area contributed by atoms with Gasteiger partial charge in [0.15, 0.2) is 17.4 Å². The van der Waals surface area contributed by atoms with Gasteiger partial charge in [0.2, 0.25) is 5.95 Å². The van der Waals surface area contributed by atoms with E-state index in [9.17, 15) is 48.3 Å². The number of phosphoric acid groups is 3. The molecule has 19 nitrogen and oxygen atoms in total. The molecule has 26 heteroatoms. The molecule has 0 bridgehead atoms. The Balaban J connectivity index is 0. The fourth-order valence-electron chi connectivity index (χ4n) is 2.67. The van der Waals surface area contributed by atoms with Crippen LogP contribution in [0.1, 0.15) is 6.23 Å². The van der Waals surface area contributed by atoms with Crippen LogP contribution in [0.15, 0.2) is 11.1 Å². The zero-order valence-electron chi connectivity index (χ0n) is 19.1. The largest absolute Gasteiger partial charge is 1.00 e. The monoisotopic (exact) mass is 626 g/mol. The van der Waals surface area contributed by atoms with E-state index < -0.39 is 60.2 Å². The third-order valence-corrected chi connectivity index (χ3v) is 7.52. The number of aromatic nitrogens is 4. The summed E-state index contributed by atoms with van der Waals surface area (Å²) in [7, 11) is -18.2. The number of ether oxygens (including phenoxy) is 1. The van der Waals surface area contributed by atoms with Crippen molar-refractivity contribution in [2.45, 2.75) is 24.5 Å². The first-order chi connectivity index (χ1) is 14.6. The Morgan fingerprint density at radius 2 is 1.64 bits per heavy atom. The Morgan fingerprint density at radius 1 is 1.06 bits per heavy atom. The number of imidazole rings is 1. The fraction of sp³-hybridized carbons (Fsp3) is 0.500. The Morgan fingerprint density at radius 3 is 2.19 bits per heavy atom. The number of hydrogen-bond donors (Lipinski definition) is 4. The molecule has 3 heterocycles. The van der Waals surface area contributed by atoms with Crippen molar-refractivity contribution in [2.24, 2.45) is 0 Å². The van der Waals surface area contributed by atoms with Crippen LogP contribution in [0, 0.1) is 0 Å². The van der Waals surface area contributed by atoms with E-state index in [1.807, 2.05) is 0 Å². The Hall–Kier alpha value is 2.44. The molecule has 1 saturated heterocycles. The molecule has 2 aromatic rings. The van der Waals surface area contributed by atoms with Crippen LogP contribution >= 0.6 is 23.5 Å². The molecule has 1 aliphatic rings. The van der Waals surface area contributed by atoms with Crippen LogP contribution in [0.25, 0.3) is 11.2 Å². The Bertz CT molecular complexity index is 1230. The van der Waals surface area contributed by atoms with Crippen LogP contribution in [-0.4, -0.2) is 54.7 Å². The van der Waals surface area contributed by atoms with Gasteiger partial charge in [-0.25, -0.2) is 9.29 Å². The van der Waals surface area contributed by atoms with Gasteiger partial charge in [-0.15, -0.1) is 0 Å². The van der Waals surface area contributed by atoms with Crippen molar-refractivity contribution in [3.8, 4) is 0 Å². The van der Waals surface area contributed by atoms with Gasteiger partial charge in [0.25, 0.3) is 21.2 Å². The summed E-state index contributed by atoms with van der Waals surface area (Å²) >= 11 is 0. The minimum atomic E-state index is -6.17. The maximum atomic E-state index is 11.8. The van der Waals surface area contributed by atoms with Crippen LogP contribution in [0.3, 0.4) is 0 Å². The fourth-order valence-corrected chi connectivity index (χ4v) is 5.54. The number of nitrogens with zero attached hydrogens (tertiary/aromatic N) is 3. The number of nitrogens with two attached hydrogens (primary N) is 1. The molecule has 6 atom stereocenters. The number of aliphatic hydroxyl groups is 2. The van der Waals surface area contributed by atoms with E-state index in [1.54, 1.807) is 0 Å². The molecule has 0 spiro atoms. The molecule has 0 amide bonds. The number of anilines is 1. The first-order valence-electron chi connectivity index (χ1n) is 8.04. The molecule has 2 unspecified atom stereocenters. The molecule has 180 valence electrons. The second-order valence-electron chi connectivity index (χ2n) is 6.12. The quantitative estimate of drug-likeness (QED) is 0.0915. The number of nitrogens with one attached hydrogen (secondary N) is 1. The van der Waals surface area contributed by atoms with Gasteiger partial charge in [-0.2, -0.15) is 4.98 Å². The molecule has 3 rings (SSSR count). The normalized spacial score (nSPS) is 24.8. The third kappa shape index (κ3) is 10.7. The maximum absolute atomic E-state index is 11.8. The minimum absolute atomic E-state index is 0. The van der Waals surface area contributed by atoms with Gasteiger partial charge >= 0.3 is 118 Å².